The highest BCUT2D eigenvalue weighted by Crippen LogP contribution is 2.35. The lowest BCUT2D eigenvalue weighted by Crippen LogP contribution is -2.22. The van der Waals surface area contributed by atoms with Gasteiger partial charge in [0.25, 0.3) is 0 Å². The Morgan fingerprint density at radius 3 is 2.64 bits per heavy atom. The van der Waals surface area contributed by atoms with Gasteiger partial charge in [-0.05, 0) is 24.3 Å². The number of ether oxygens (including phenoxy) is 2. The minimum atomic E-state index is -0.423. The van der Waals surface area contributed by atoms with Crippen LogP contribution in [0.2, 0.25) is 0 Å². The second-order valence-corrected chi connectivity index (χ2v) is 6.16. The number of allylic oxidation sites excluding steroid dienone is 2. The van der Waals surface area contributed by atoms with Crippen LogP contribution < -0.4 is 14.8 Å². The molecule has 0 radical (unpaired) electrons. The number of hydrogen-bond acceptors (Lipinski definition) is 7. The maximum atomic E-state index is 13.2. The van der Waals surface area contributed by atoms with Crippen molar-refractivity contribution in [2.75, 3.05) is 19.5 Å². The molecule has 0 saturated heterocycles. The molecule has 0 atom stereocenters. The van der Waals surface area contributed by atoms with Crippen LogP contribution in [-0.2, 0) is 0 Å². The van der Waals surface area contributed by atoms with Crippen LogP contribution in [0, 0.1) is 0 Å². The topological polar surface area (TPSA) is 97.8 Å². The molecule has 0 bridgehead atoms. The number of hydrogen-bond donors (Lipinski definition) is 2. The third-order valence-electron chi connectivity index (χ3n) is 4.56. The summed E-state index contributed by atoms with van der Waals surface area (Å²) in [5.74, 6) is 0.134. The van der Waals surface area contributed by atoms with Gasteiger partial charge in [-0.2, -0.15) is 0 Å². The number of fused-ring (bicyclic) bond motifs is 3. The number of phenols is 1. The fourth-order valence-corrected chi connectivity index (χ4v) is 3.21. The monoisotopic (exact) mass is 376 g/mol. The fraction of sp³-hybridized carbons (Fsp3) is 0.0952. The van der Waals surface area contributed by atoms with Crippen LogP contribution in [0.15, 0.2) is 54.4 Å². The smallest absolute Gasteiger partial charge is 0.210 e. The molecule has 7 heteroatoms. The molecule has 0 aliphatic heterocycles. The first kappa shape index (κ1) is 17.5. The highest BCUT2D eigenvalue weighted by atomic mass is 16.5. The van der Waals surface area contributed by atoms with Crippen LogP contribution >= 0.6 is 0 Å². The Hall–Kier alpha value is -3.87. The molecule has 140 valence electrons. The molecule has 0 spiro atoms. The summed E-state index contributed by atoms with van der Waals surface area (Å²) in [6, 6.07) is 9.83. The number of aromatic nitrogens is 1. The van der Waals surface area contributed by atoms with E-state index in [1.807, 2.05) is 0 Å². The molecular formula is C21H16N2O5. The van der Waals surface area contributed by atoms with E-state index in [0.29, 0.717) is 22.7 Å². The van der Waals surface area contributed by atoms with Crippen molar-refractivity contribution < 1.29 is 24.2 Å². The summed E-state index contributed by atoms with van der Waals surface area (Å²) in [7, 11) is 3.03. The summed E-state index contributed by atoms with van der Waals surface area (Å²) in [6.45, 7) is 0. The molecule has 7 nitrogen and oxygen atoms in total. The number of rotatable bonds is 4. The second kappa shape index (κ2) is 6.70. The first-order chi connectivity index (χ1) is 13.5. The van der Waals surface area contributed by atoms with E-state index in [2.05, 4.69) is 10.3 Å². The number of aromatic hydroxyl groups is 1. The van der Waals surface area contributed by atoms with Crippen molar-refractivity contribution in [2.45, 2.75) is 0 Å². The highest BCUT2D eigenvalue weighted by Gasteiger charge is 2.30. The van der Waals surface area contributed by atoms with Crippen molar-refractivity contribution in [1.82, 2.24) is 4.98 Å². The van der Waals surface area contributed by atoms with Gasteiger partial charge in [-0.15, -0.1) is 0 Å². The number of pyridine rings is 1. The molecule has 0 saturated carbocycles. The normalized spacial score (nSPS) is 13.1. The van der Waals surface area contributed by atoms with Crippen molar-refractivity contribution >= 4 is 28.2 Å². The third-order valence-corrected chi connectivity index (χ3v) is 4.56. The number of nitrogens with one attached hydrogen (secondary N) is 1. The zero-order valence-electron chi connectivity index (χ0n) is 15.1. The first-order valence-electron chi connectivity index (χ1n) is 8.44. The van der Waals surface area contributed by atoms with Gasteiger partial charge in [-0.3, -0.25) is 14.6 Å². The Bertz CT molecular complexity index is 1170. The molecule has 4 rings (SSSR count). The maximum Gasteiger partial charge on any atom is 0.210 e. The number of nitrogens with zero attached hydrogens (tertiary/aromatic N) is 1. The predicted octanol–water partition coefficient (Wildman–Crippen LogP) is 3.33. The summed E-state index contributed by atoms with van der Waals surface area (Å²) in [5.41, 5.74) is 1.25. The standard InChI is InChI=1S/C21H16N2O5/c1-27-11-6-7-18(28-2)14(8-11)23-15-9-17(25)12-10-22-13-4-3-5-16(24)20(13)19(12)21(15)26/h3-10,23-24H,1-2H3. The van der Waals surface area contributed by atoms with E-state index < -0.39 is 5.78 Å². The molecular weight excluding hydrogens is 360 g/mol. The van der Waals surface area contributed by atoms with Gasteiger partial charge in [0.2, 0.25) is 5.78 Å². The summed E-state index contributed by atoms with van der Waals surface area (Å²) in [6.07, 6.45) is 2.58. The Kier molecular flexibility index (Phi) is 4.19. The predicted molar refractivity (Wildman–Crippen MR) is 103 cm³/mol. The SMILES string of the molecule is COc1ccc(OC)c(NC2=CC(=O)c3cnc4cccc(O)c4c3C2=O)c1. The van der Waals surface area contributed by atoms with Gasteiger partial charge in [0, 0.05) is 23.9 Å². The van der Waals surface area contributed by atoms with E-state index in [1.165, 1.54) is 32.6 Å². The van der Waals surface area contributed by atoms with E-state index in [9.17, 15) is 14.7 Å². The lowest BCUT2D eigenvalue weighted by Gasteiger charge is -2.19. The Morgan fingerprint density at radius 1 is 1.07 bits per heavy atom. The van der Waals surface area contributed by atoms with Crippen LogP contribution in [0.5, 0.6) is 17.2 Å². The molecule has 1 aliphatic rings. The molecule has 1 heterocycles. The molecule has 28 heavy (non-hydrogen) atoms. The minimum absolute atomic E-state index is 0.0693. The lowest BCUT2D eigenvalue weighted by atomic mass is 9.90. The highest BCUT2D eigenvalue weighted by molar-refractivity contribution is 6.30. The van der Waals surface area contributed by atoms with Gasteiger partial charge in [-0.1, -0.05) is 6.07 Å². The van der Waals surface area contributed by atoms with Crippen LogP contribution in [0.3, 0.4) is 0 Å². The van der Waals surface area contributed by atoms with Crippen molar-refractivity contribution in [1.29, 1.82) is 0 Å². The number of ketones is 2. The van der Waals surface area contributed by atoms with Crippen LogP contribution in [0.4, 0.5) is 5.69 Å². The molecule has 0 fully saturated rings. The van der Waals surface area contributed by atoms with E-state index in [-0.39, 0.29) is 33.7 Å². The van der Waals surface area contributed by atoms with E-state index in [0.717, 1.165) is 0 Å². The number of Topliss-reactive ketones (excluding diaryl/α,β-unsaturated/α-hetero) is 1. The second-order valence-electron chi connectivity index (χ2n) is 6.16. The summed E-state index contributed by atoms with van der Waals surface area (Å²) in [5, 5.41) is 13.5. The quantitative estimate of drug-likeness (QED) is 0.721. The molecule has 2 N–H and O–H groups in total. The van der Waals surface area contributed by atoms with Gasteiger partial charge in [-0.25, -0.2) is 0 Å². The lowest BCUT2D eigenvalue weighted by molar-refractivity contribution is 0.0986. The minimum Gasteiger partial charge on any atom is -0.507 e. The number of phenolic OH excluding ortho intramolecular Hbond substituents is 1. The van der Waals surface area contributed by atoms with Gasteiger partial charge in [0.1, 0.15) is 17.2 Å². The number of carbonyl (C=O) groups is 2. The van der Waals surface area contributed by atoms with Crippen molar-refractivity contribution in [3.8, 4) is 17.2 Å². The van der Waals surface area contributed by atoms with Gasteiger partial charge < -0.3 is 19.9 Å². The average molecular weight is 376 g/mol. The number of benzene rings is 2. The van der Waals surface area contributed by atoms with Crippen LogP contribution in [-0.4, -0.2) is 35.9 Å². The number of carbonyl (C=O) groups excluding carboxylic acids is 2. The largest absolute Gasteiger partial charge is 0.507 e. The van der Waals surface area contributed by atoms with E-state index >= 15 is 0 Å². The number of anilines is 1. The molecule has 0 unspecified atom stereocenters. The molecule has 0 amide bonds. The summed E-state index contributed by atoms with van der Waals surface area (Å²) in [4.78, 5) is 30.0. The van der Waals surface area contributed by atoms with Gasteiger partial charge in [0.15, 0.2) is 5.78 Å². The van der Waals surface area contributed by atoms with E-state index in [4.69, 9.17) is 9.47 Å². The Morgan fingerprint density at radius 2 is 1.89 bits per heavy atom. The summed E-state index contributed by atoms with van der Waals surface area (Å²) < 4.78 is 10.5. The van der Waals surface area contributed by atoms with Gasteiger partial charge >= 0.3 is 0 Å². The van der Waals surface area contributed by atoms with Crippen molar-refractivity contribution in [2.24, 2.45) is 0 Å². The molecule has 3 aromatic rings. The van der Waals surface area contributed by atoms with Crippen molar-refractivity contribution in [3.05, 3.63) is 65.5 Å². The molecule has 1 aromatic heterocycles. The summed E-state index contributed by atoms with van der Waals surface area (Å²) >= 11 is 0. The third kappa shape index (κ3) is 2.73. The van der Waals surface area contributed by atoms with Crippen molar-refractivity contribution in [3.63, 3.8) is 0 Å². The van der Waals surface area contributed by atoms with E-state index in [1.54, 1.807) is 30.3 Å². The zero-order chi connectivity index (χ0) is 19.8. The Balaban J connectivity index is 1.83. The van der Waals surface area contributed by atoms with Crippen LogP contribution in [0.25, 0.3) is 10.9 Å². The number of methoxy groups -OCH3 is 2. The van der Waals surface area contributed by atoms with Gasteiger partial charge in [0.05, 0.1) is 42.1 Å². The Labute approximate surface area is 160 Å². The maximum absolute atomic E-state index is 13.2. The van der Waals surface area contributed by atoms with Crippen LogP contribution in [0.1, 0.15) is 20.7 Å². The molecule has 2 aromatic carbocycles. The first-order valence-corrected chi connectivity index (χ1v) is 8.44. The average Bonchev–Trinajstić information content (AvgIpc) is 2.71. The zero-order valence-corrected chi connectivity index (χ0v) is 15.1. The molecule has 1 aliphatic carbocycles. The fourth-order valence-electron chi connectivity index (χ4n) is 3.21.